The highest BCUT2D eigenvalue weighted by Gasteiger charge is 2.37. The fourth-order valence-corrected chi connectivity index (χ4v) is 6.18. The monoisotopic (exact) mass is 514 g/mol. The molecule has 0 aliphatic heterocycles. The average Bonchev–Trinajstić information content (AvgIpc) is 2.90. The normalized spacial score (nSPS) is 23.2. The van der Waals surface area contributed by atoms with E-state index in [-0.39, 0.29) is 23.5 Å². The van der Waals surface area contributed by atoms with Crippen molar-refractivity contribution in [3.63, 3.8) is 0 Å². The highest BCUT2D eigenvalue weighted by molar-refractivity contribution is 5.91. The van der Waals surface area contributed by atoms with Crippen LogP contribution in [0, 0.1) is 41.0 Å². The Hall–Kier alpha value is -2.89. The van der Waals surface area contributed by atoms with E-state index in [1.165, 1.54) is 31.0 Å². The number of hydrogen-bond donors (Lipinski definition) is 0. The Morgan fingerprint density at radius 3 is 2.32 bits per heavy atom. The number of allylic oxidation sites excluding steroid dienone is 2. The van der Waals surface area contributed by atoms with Gasteiger partial charge in [-0.3, -0.25) is 0 Å². The smallest absolute Gasteiger partial charge is 0.346 e. The molecule has 0 amide bonds. The summed E-state index contributed by atoms with van der Waals surface area (Å²) < 4.78 is 63.8. The summed E-state index contributed by atoms with van der Waals surface area (Å²) in [6.45, 7) is 7.36. The van der Waals surface area contributed by atoms with Crippen LogP contribution in [-0.4, -0.2) is 5.97 Å². The molecule has 0 N–H and O–H groups in total. The molecule has 0 saturated heterocycles. The maximum absolute atomic E-state index is 15.2. The van der Waals surface area contributed by atoms with Crippen molar-refractivity contribution in [1.82, 2.24) is 0 Å². The Bertz CT molecular complexity index is 1160. The van der Waals surface area contributed by atoms with Gasteiger partial charge in [-0.25, -0.2) is 18.0 Å². The Labute approximate surface area is 216 Å². The van der Waals surface area contributed by atoms with Crippen LogP contribution in [0.4, 0.5) is 17.6 Å². The van der Waals surface area contributed by atoms with Crippen LogP contribution >= 0.6 is 0 Å². The third-order valence-corrected chi connectivity index (χ3v) is 8.22. The minimum Gasteiger partial charge on any atom is -0.420 e. The third-order valence-electron chi connectivity index (χ3n) is 8.22. The zero-order valence-electron chi connectivity index (χ0n) is 21.1. The molecule has 2 aliphatic carbocycles. The summed E-state index contributed by atoms with van der Waals surface area (Å²) in [4.78, 5) is 12.6. The molecule has 2 nitrogen and oxygen atoms in total. The van der Waals surface area contributed by atoms with E-state index < -0.39 is 40.6 Å². The van der Waals surface area contributed by atoms with Crippen LogP contribution in [0.15, 0.2) is 49.6 Å². The third kappa shape index (κ3) is 6.00. The van der Waals surface area contributed by atoms with Crippen molar-refractivity contribution in [1.29, 1.82) is 0 Å². The lowest BCUT2D eigenvalue weighted by Crippen LogP contribution is -2.30. The van der Waals surface area contributed by atoms with Crippen LogP contribution in [0.3, 0.4) is 0 Å². The number of fused-ring (bicyclic) bond motifs is 1. The Morgan fingerprint density at radius 2 is 1.57 bits per heavy atom. The fraction of sp³-hybridized carbons (Fsp3) is 0.452. The zero-order valence-corrected chi connectivity index (χ0v) is 21.1. The van der Waals surface area contributed by atoms with E-state index in [9.17, 15) is 18.0 Å². The predicted molar refractivity (Wildman–Crippen MR) is 137 cm³/mol. The minimum atomic E-state index is -1.34. The van der Waals surface area contributed by atoms with Gasteiger partial charge >= 0.3 is 5.97 Å². The summed E-state index contributed by atoms with van der Waals surface area (Å²) in [6.07, 6.45) is 12.5. The van der Waals surface area contributed by atoms with Crippen LogP contribution < -0.4 is 4.74 Å². The van der Waals surface area contributed by atoms with Gasteiger partial charge in [-0.1, -0.05) is 30.7 Å². The maximum Gasteiger partial charge on any atom is 0.346 e. The van der Waals surface area contributed by atoms with Crippen LogP contribution in [-0.2, 0) is 6.42 Å². The number of carbonyl (C=O) groups excluding carboxylic acids is 1. The largest absolute Gasteiger partial charge is 0.420 e. The molecule has 198 valence electrons. The fourth-order valence-electron chi connectivity index (χ4n) is 6.18. The molecular weight excluding hydrogens is 480 g/mol. The molecule has 0 radical (unpaired) electrons. The van der Waals surface area contributed by atoms with Crippen molar-refractivity contribution < 1.29 is 27.1 Å². The number of esters is 1. The quantitative estimate of drug-likeness (QED) is 0.145. The highest BCUT2D eigenvalue weighted by Crippen LogP contribution is 2.49. The van der Waals surface area contributed by atoms with Gasteiger partial charge in [0.25, 0.3) is 0 Å². The van der Waals surface area contributed by atoms with Gasteiger partial charge in [-0.05, 0) is 105 Å². The van der Waals surface area contributed by atoms with Crippen molar-refractivity contribution in [2.75, 3.05) is 0 Å². The van der Waals surface area contributed by atoms with E-state index in [2.05, 4.69) is 13.2 Å². The maximum atomic E-state index is 15.2. The van der Waals surface area contributed by atoms with E-state index in [0.717, 1.165) is 50.5 Å². The highest BCUT2D eigenvalue weighted by atomic mass is 19.2. The molecule has 6 heteroatoms. The topological polar surface area (TPSA) is 26.3 Å². The Balaban J connectivity index is 1.44. The summed E-state index contributed by atoms with van der Waals surface area (Å²) in [7, 11) is 0. The summed E-state index contributed by atoms with van der Waals surface area (Å²) >= 11 is 0. The standard InChI is InChI=1S/C31H34F4O2/c1-3-5-7-19-9-10-22-18-23(12-11-21(22)17-19)24-14-15-25(29(34)28(24)33)31(36)37-26-16-13-20(8-6-4-2)27(32)30(26)35/h3-4,13-16,19,21-23H,1-2,5-12,17-18H2. The van der Waals surface area contributed by atoms with Crippen molar-refractivity contribution in [3.05, 3.63) is 89.5 Å². The van der Waals surface area contributed by atoms with E-state index in [1.807, 2.05) is 6.08 Å². The van der Waals surface area contributed by atoms with Crippen molar-refractivity contribution in [2.45, 2.75) is 70.1 Å². The molecule has 0 aromatic heterocycles. The van der Waals surface area contributed by atoms with Gasteiger partial charge < -0.3 is 4.74 Å². The summed E-state index contributed by atoms with van der Waals surface area (Å²) in [5.74, 6) is -5.08. The Morgan fingerprint density at radius 1 is 0.838 bits per heavy atom. The van der Waals surface area contributed by atoms with Gasteiger partial charge in [-0.15, -0.1) is 13.2 Å². The van der Waals surface area contributed by atoms with Gasteiger partial charge in [0.05, 0.1) is 5.56 Å². The number of aryl methyl sites for hydroxylation is 1. The summed E-state index contributed by atoms with van der Waals surface area (Å²) in [5, 5.41) is 0. The van der Waals surface area contributed by atoms with Gasteiger partial charge in [0, 0.05) is 0 Å². The van der Waals surface area contributed by atoms with Crippen molar-refractivity contribution in [3.8, 4) is 5.75 Å². The first-order chi connectivity index (χ1) is 17.8. The molecule has 2 aliphatic rings. The lowest BCUT2D eigenvalue weighted by molar-refractivity contribution is 0.0720. The van der Waals surface area contributed by atoms with E-state index in [0.29, 0.717) is 18.3 Å². The molecular formula is C31H34F4O2. The second-order valence-corrected chi connectivity index (χ2v) is 10.5. The van der Waals surface area contributed by atoms with Gasteiger partial charge in [0.15, 0.2) is 23.2 Å². The number of ether oxygens (including phenoxy) is 1. The summed E-state index contributed by atoms with van der Waals surface area (Å²) in [5.41, 5.74) is -0.267. The first-order valence-corrected chi connectivity index (χ1v) is 13.2. The predicted octanol–water partition coefficient (Wildman–Crippen LogP) is 8.85. The van der Waals surface area contributed by atoms with Gasteiger partial charge in [0.1, 0.15) is 0 Å². The lowest BCUT2D eigenvalue weighted by atomic mass is 9.63. The van der Waals surface area contributed by atoms with Crippen LogP contribution in [0.25, 0.3) is 0 Å². The van der Waals surface area contributed by atoms with Gasteiger partial charge in [0.2, 0.25) is 5.82 Å². The number of halogens is 4. The molecule has 2 aromatic rings. The van der Waals surface area contributed by atoms with Crippen LogP contribution in [0.1, 0.15) is 85.2 Å². The first kappa shape index (κ1) is 27.2. The average molecular weight is 515 g/mol. The molecule has 4 unspecified atom stereocenters. The summed E-state index contributed by atoms with van der Waals surface area (Å²) in [6, 6.07) is 5.03. The number of carbonyl (C=O) groups is 1. The molecule has 2 aromatic carbocycles. The second kappa shape index (κ2) is 12.1. The van der Waals surface area contributed by atoms with Gasteiger partial charge in [-0.2, -0.15) is 4.39 Å². The van der Waals surface area contributed by atoms with E-state index >= 15 is 4.39 Å². The number of benzene rings is 2. The van der Waals surface area contributed by atoms with Crippen LogP contribution in [0.5, 0.6) is 5.75 Å². The number of rotatable bonds is 9. The van der Waals surface area contributed by atoms with E-state index in [4.69, 9.17) is 4.74 Å². The second-order valence-electron chi connectivity index (χ2n) is 10.5. The molecule has 0 spiro atoms. The lowest BCUT2D eigenvalue weighted by Gasteiger charge is -2.42. The first-order valence-electron chi connectivity index (χ1n) is 13.2. The molecule has 4 rings (SSSR count). The van der Waals surface area contributed by atoms with Crippen molar-refractivity contribution in [2.24, 2.45) is 17.8 Å². The zero-order chi connectivity index (χ0) is 26.5. The molecule has 0 heterocycles. The molecule has 37 heavy (non-hydrogen) atoms. The molecule has 2 saturated carbocycles. The number of hydrogen-bond acceptors (Lipinski definition) is 2. The minimum absolute atomic E-state index is 0.110. The molecule has 0 bridgehead atoms. The van der Waals surface area contributed by atoms with E-state index in [1.54, 1.807) is 6.08 Å². The molecule has 4 atom stereocenters. The SMILES string of the molecule is C=CCCc1ccc(OC(=O)c2ccc(C3CCC4CC(CCC=C)CCC4C3)c(F)c2F)c(F)c1F. The Kier molecular flexibility index (Phi) is 8.88. The van der Waals surface area contributed by atoms with Crippen molar-refractivity contribution >= 4 is 5.97 Å². The molecule has 2 fully saturated rings. The van der Waals surface area contributed by atoms with Crippen LogP contribution in [0.2, 0.25) is 0 Å².